The van der Waals surface area contributed by atoms with Crippen molar-refractivity contribution in [1.29, 1.82) is 0 Å². The van der Waals surface area contributed by atoms with Crippen LogP contribution in [0.15, 0.2) is 24.3 Å². The topological polar surface area (TPSA) is 20.3 Å². The highest BCUT2D eigenvalue weighted by molar-refractivity contribution is 14.1. The van der Waals surface area contributed by atoms with Gasteiger partial charge in [-0.3, -0.25) is 4.79 Å². The standard InChI is InChI=1S/C16H20INO/c17-14-9-3-2-8-13(14)16(19)18-11-5-7-12-6-1-4-10-15(12)18/h2-3,8-9,12,15H,1,4-7,10-11H2. The molecule has 1 heterocycles. The Morgan fingerprint density at radius 1 is 1.11 bits per heavy atom. The number of piperidine rings is 1. The predicted octanol–water partition coefficient (Wildman–Crippen LogP) is 4.09. The summed E-state index contributed by atoms with van der Waals surface area (Å²) in [7, 11) is 0. The Kier molecular flexibility index (Phi) is 4.10. The third-order valence-electron chi connectivity index (χ3n) is 4.61. The minimum atomic E-state index is 0.251. The molecule has 1 amide bonds. The van der Waals surface area contributed by atoms with Gasteiger partial charge < -0.3 is 4.90 Å². The van der Waals surface area contributed by atoms with E-state index in [0.717, 1.165) is 21.6 Å². The fourth-order valence-electron chi connectivity index (χ4n) is 3.67. The molecule has 2 fully saturated rings. The van der Waals surface area contributed by atoms with Gasteiger partial charge in [0.05, 0.1) is 5.56 Å². The molecule has 1 saturated carbocycles. The molecular formula is C16H20INO. The van der Waals surface area contributed by atoms with Crippen LogP contribution >= 0.6 is 22.6 Å². The van der Waals surface area contributed by atoms with Gasteiger partial charge in [-0.15, -0.1) is 0 Å². The van der Waals surface area contributed by atoms with E-state index in [-0.39, 0.29) is 5.91 Å². The summed E-state index contributed by atoms with van der Waals surface area (Å²) in [6.45, 7) is 0.949. The van der Waals surface area contributed by atoms with E-state index in [2.05, 4.69) is 27.5 Å². The van der Waals surface area contributed by atoms with Crippen LogP contribution in [0, 0.1) is 9.49 Å². The first-order valence-corrected chi connectivity index (χ1v) is 8.41. The zero-order valence-corrected chi connectivity index (χ0v) is 13.3. The maximum Gasteiger partial charge on any atom is 0.255 e. The van der Waals surface area contributed by atoms with Gasteiger partial charge in [-0.25, -0.2) is 0 Å². The molecule has 2 unspecified atom stereocenters. The lowest BCUT2D eigenvalue weighted by atomic mass is 9.78. The van der Waals surface area contributed by atoms with Gasteiger partial charge in [0.15, 0.2) is 0 Å². The summed E-state index contributed by atoms with van der Waals surface area (Å²) in [6.07, 6.45) is 7.67. The third kappa shape index (κ3) is 2.67. The Morgan fingerprint density at radius 2 is 1.84 bits per heavy atom. The number of amides is 1. The average molecular weight is 369 g/mol. The van der Waals surface area contributed by atoms with E-state index < -0.39 is 0 Å². The highest BCUT2D eigenvalue weighted by atomic mass is 127. The van der Waals surface area contributed by atoms with Crippen LogP contribution in [-0.2, 0) is 0 Å². The lowest BCUT2D eigenvalue weighted by Crippen LogP contribution is -2.49. The van der Waals surface area contributed by atoms with E-state index in [1.54, 1.807) is 0 Å². The van der Waals surface area contributed by atoms with Gasteiger partial charge in [0.1, 0.15) is 0 Å². The average Bonchev–Trinajstić information content (AvgIpc) is 2.46. The van der Waals surface area contributed by atoms with Crippen LogP contribution in [0.2, 0.25) is 0 Å². The van der Waals surface area contributed by atoms with Crippen molar-refractivity contribution in [2.24, 2.45) is 5.92 Å². The van der Waals surface area contributed by atoms with Gasteiger partial charge in [0.25, 0.3) is 5.91 Å². The SMILES string of the molecule is O=C(c1ccccc1I)N1CCCC2CCCCC21. The largest absolute Gasteiger partial charge is 0.335 e. The van der Waals surface area contributed by atoms with E-state index in [9.17, 15) is 4.79 Å². The number of benzene rings is 1. The van der Waals surface area contributed by atoms with Crippen molar-refractivity contribution >= 4 is 28.5 Å². The molecule has 1 aromatic rings. The van der Waals surface area contributed by atoms with Crippen molar-refractivity contribution in [2.75, 3.05) is 6.54 Å². The molecule has 2 atom stereocenters. The van der Waals surface area contributed by atoms with Crippen LogP contribution in [0.3, 0.4) is 0 Å². The molecular weight excluding hydrogens is 349 g/mol. The summed E-state index contributed by atoms with van der Waals surface area (Å²) in [4.78, 5) is 15.0. The first-order chi connectivity index (χ1) is 9.27. The van der Waals surface area contributed by atoms with Gasteiger partial charge in [-0.05, 0) is 66.3 Å². The van der Waals surface area contributed by atoms with Crippen LogP contribution in [0.1, 0.15) is 48.9 Å². The Labute approximate surface area is 128 Å². The highest BCUT2D eigenvalue weighted by Gasteiger charge is 2.36. The maximum atomic E-state index is 12.8. The number of hydrogen-bond donors (Lipinski definition) is 0. The molecule has 3 rings (SSSR count). The molecule has 2 nitrogen and oxygen atoms in total. The molecule has 102 valence electrons. The lowest BCUT2D eigenvalue weighted by Gasteiger charge is -2.44. The van der Waals surface area contributed by atoms with Crippen LogP contribution in [0.25, 0.3) is 0 Å². The first kappa shape index (κ1) is 13.4. The number of hydrogen-bond acceptors (Lipinski definition) is 1. The normalized spacial score (nSPS) is 26.9. The molecule has 1 saturated heterocycles. The number of halogens is 1. The van der Waals surface area contributed by atoms with Crippen molar-refractivity contribution in [3.8, 4) is 0 Å². The van der Waals surface area contributed by atoms with E-state index in [0.29, 0.717) is 6.04 Å². The summed E-state index contributed by atoms with van der Waals surface area (Å²) in [6, 6.07) is 8.47. The van der Waals surface area contributed by atoms with E-state index >= 15 is 0 Å². The number of nitrogens with zero attached hydrogens (tertiary/aromatic N) is 1. The molecule has 1 aliphatic heterocycles. The van der Waals surface area contributed by atoms with E-state index in [1.807, 2.05) is 24.3 Å². The van der Waals surface area contributed by atoms with E-state index in [1.165, 1.54) is 38.5 Å². The van der Waals surface area contributed by atoms with Crippen molar-refractivity contribution < 1.29 is 4.79 Å². The predicted molar refractivity (Wildman–Crippen MR) is 85.2 cm³/mol. The van der Waals surface area contributed by atoms with Gasteiger partial charge in [-0.2, -0.15) is 0 Å². The first-order valence-electron chi connectivity index (χ1n) is 7.33. The van der Waals surface area contributed by atoms with Crippen LogP contribution < -0.4 is 0 Å². The molecule has 0 bridgehead atoms. The van der Waals surface area contributed by atoms with Gasteiger partial charge in [0, 0.05) is 16.2 Å². The quantitative estimate of drug-likeness (QED) is 0.683. The Morgan fingerprint density at radius 3 is 2.68 bits per heavy atom. The molecule has 19 heavy (non-hydrogen) atoms. The van der Waals surface area contributed by atoms with Crippen LogP contribution in [0.5, 0.6) is 0 Å². The Bertz CT molecular complexity index is 472. The molecule has 0 spiro atoms. The van der Waals surface area contributed by atoms with E-state index in [4.69, 9.17) is 0 Å². The smallest absolute Gasteiger partial charge is 0.255 e. The second-order valence-corrected chi connectivity index (χ2v) is 6.89. The molecule has 1 aromatic carbocycles. The summed E-state index contributed by atoms with van der Waals surface area (Å²) in [5.41, 5.74) is 0.884. The monoisotopic (exact) mass is 369 g/mol. The van der Waals surface area contributed by atoms with Crippen molar-refractivity contribution in [2.45, 2.75) is 44.6 Å². The lowest BCUT2D eigenvalue weighted by molar-refractivity contribution is 0.0389. The summed E-state index contributed by atoms with van der Waals surface area (Å²) in [5.74, 6) is 1.01. The second kappa shape index (κ2) is 5.81. The minimum absolute atomic E-state index is 0.251. The van der Waals surface area contributed by atoms with Crippen molar-refractivity contribution in [1.82, 2.24) is 4.90 Å². The zero-order valence-electron chi connectivity index (χ0n) is 11.1. The number of likely N-dealkylation sites (tertiary alicyclic amines) is 1. The van der Waals surface area contributed by atoms with Crippen molar-refractivity contribution in [3.63, 3.8) is 0 Å². The number of carbonyl (C=O) groups is 1. The number of carbonyl (C=O) groups excluding carboxylic acids is 1. The van der Waals surface area contributed by atoms with Crippen molar-refractivity contribution in [3.05, 3.63) is 33.4 Å². The molecule has 2 aliphatic rings. The molecule has 1 aliphatic carbocycles. The highest BCUT2D eigenvalue weighted by Crippen LogP contribution is 2.36. The Balaban J connectivity index is 1.84. The molecule has 3 heteroatoms. The van der Waals surface area contributed by atoms with Crippen LogP contribution in [0.4, 0.5) is 0 Å². The fraction of sp³-hybridized carbons (Fsp3) is 0.562. The maximum absolute atomic E-state index is 12.8. The van der Waals surface area contributed by atoms with Gasteiger partial charge in [0.2, 0.25) is 0 Å². The minimum Gasteiger partial charge on any atom is -0.335 e. The Hall–Kier alpha value is -0.580. The number of rotatable bonds is 1. The third-order valence-corrected chi connectivity index (χ3v) is 5.55. The summed E-state index contributed by atoms with van der Waals surface area (Å²) in [5, 5.41) is 0. The van der Waals surface area contributed by atoms with Crippen LogP contribution in [-0.4, -0.2) is 23.4 Å². The van der Waals surface area contributed by atoms with Gasteiger partial charge in [-0.1, -0.05) is 25.0 Å². The zero-order chi connectivity index (χ0) is 13.2. The van der Waals surface area contributed by atoms with Gasteiger partial charge >= 0.3 is 0 Å². The second-order valence-electron chi connectivity index (χ2n) is 5.73. The number of fused-ring (bicyclic) bond motifs is 1. The molecule has 0 radical (unpaired) electrons. The fourth-order valence-corrected chi connectivity index (χ4v) is 4.28. The molecule has 0 aromatic heterocycles. The summed E-state index contributed by atoms with van der Waals surface area (Å²) < 4.78 is 1.07. The molecule has 0 N–H and O–H groups in total. The summed E-state index contributed by atoms with van der Waals surface area (Å²) >= 11 is 2.27.